The Bertz CT molecular complexity index is 1870. The number of nitrogens with zero attached hydrogens (tertiary/aromatic N) is 3. The molecule has 0 N–H and O–H groups in total. The minimum Gasteiger partial charge on any atom is -0.501 e. The predicted octanol–water partition coefficient (Wildman–Crippen LogP) is 9.34. The normalized spacial score (nSPS) is 11.0. The van der Waals surface area contributed by atoms with E-state index in [4.69, 9.17) is 4.42 Å². The van der Waals surface area contributed by atoms with Crippen LogP contribution in [0.3, 0.4) is 0 Å². The van der Waals surface area contributed by atoms with Crippen LogP contribution in [0, 0.1) is 26.0 Å². The molecule has 40 heavy (non-hydrogen) atoms. The van der Waals surface area contributed by atoms with Crippen LogP contribution in [0.1, 0.15) is 35.9 Å². The molecule has 4 aromatic heterocycles. The second kappa shape index (κ2) is 11.8. The number of rotatable bonds is 3. The molecule has 0 atom stereocenters. The van der Waals surface area contributed by atoms with Gasteiger partial charge in [-0.15, -0.1) is 65.4 Å². The van der Waals surface area contributed by atoms with Gasteiger partial charge in [-0.25, -0.2) is 4.98 Å². The van der Waals surface area contributed by atoms with Gasteiger partial charge in [0.15, 0.2) is 0 Å². The summed E-state index contributed by atoms with van der Waals surface area (Å²) in [5, 5.41) is 3.29. The fourth-order valence-corrected chi connectivity index (χ4v) is 5.69. The summed E-state index contributed by atoms with van der Waals surface area (Å²) in [5.74, 6) is 0.447. The number of hydrogen-bond donors (Lipinski definition) is 0. The first-order valence-electron chi connectivity index (χ1n) is 13.0. The van der Waals surface area contributed by atoms with E-state index in [1.165, 1.54) is 15.8 Å². The molecular weight excluding hydrogens is 691 g/mol. The van der Waals surface area contributed by atoms with Gasteiger partial charge in [-0.1, -0.05) is 43.0 Å². The van der Waals surface area contributed by atoms with E-state index in [9.17, 15) is 0 Å². The van der Waals surface area contributed by atoms with Crippen LogP contribution in [-0.4, -0.2) is 15.0 Å². The van der Waals surface area contributed by atoms with Gasteiger partial charge in [0.1, 0.15) is 5.58 Å². The van der Waals surface area contributed by atoms with Gasteiger partial charge in [0.2, 0.25) is 0 Å². The van der Waals surface area contributed by atoms with Gasteiger partial charge in [-0.2, -0.15) is 0 Å². The van der Waals surface area contributed by atoms with Crippen molar-refractivity contribution >= 4 is 43.5 Å². The van der Waals surface area contributed by atoms with Crippen molar-refractivity contribution in [3.63, 3.8) is 0 Å². The van der Waals surface area contributed by atoms with E-state index in [1.807, 2.05) is 67.7 Å². The number of pyridine rings is 2. The maximum absolute atomic E-state index is 6.28. The molecule has 4 nitrogen and oxygen atoms in total. The van der Waals surface area contributed by atoms with Gasteiger partial charge in [0.05, 0.1) is 20.8 Å². The molecule has 0 aliphatic carbocycles. The van der Waals surface area contributed by atoms with Crippen molar-refractivity contribution in [3.05, 3.63) is 113 Å². The van der Waals surface area contributed by atoms with E-state index in [2.05, 4.69) is 66.1 Å². The molecule has 6 heteroatoms. The van der Waals surface area contributed by atoms with Gasteiger partial charge in [-0.05, 0) is 54.4 Å². The van der Waals surface area contributed by atoms with E-state index in [-0.39, 0.29) is 20.1 Å². The maximum atomic E-state index is 6.28. The van der Waals surface area contributed by atoms with Crippen molar-refractivity contribution in [1.29, 1.82) is 0 Å². The van der Waals surface area contributed by atoms with E-state index in [1.54, 1.807) is 17.5 Å². The van der Waals surface area contributed by atoms with Crippen molar-refractivity contribution in [3.8, 4) is 22.5 Å². The number of aryl methyl sites for hydroxylation is 2. The fraction of sp³-hybridized carbons (Fsp3) is 0.147. The van der Waals surface area contributed by atoms with Crippen LogP contribution in [0.25, 0.3) is 54.7 Å². The SMILES string of the molecule is Cc1nc2cc3oc4c(-c5cc(C(C)C)c(C)cn5)[c-]ccc4c3cc2s1.[Ir].[c-]1ccccc1-c1ccccn1. The van der Waals surface area contributed by atoms with Gasteiger partial charge in [0, 0.05) is 44.0 Å². The fourth-order valence-electron chi connectivity index (χ4n) is 4.84. The van der Waals surface area contributed by atoms with E-state index in [0.717, 1.165) is 55.0 Å². The molecule has 3 aromatic carbocycles. The van der Waals surface area contributed by atoms with Crippen molar-refractivity contribution in [2.75, 3.05) is 0 Å². The first kappa shape index (κ1) is 27.9. The first-order chi connectivity index (χ1) is 19.0. The number of thiazole rings is 1. The van der Waals surface area contributed by atoms with Crippen LogP contribution in [-0.2, 0) is 20.1 Å². The minimum atomic E-state index is 0. The van der Waals surface area contributed by atoms with E-state index >= 15 is 0 Å². The van der Waals surface area contributed by atoms with Gasteiger partial charge < -0.3 is 14.4 Å². The zero-order valence-electron chi connectivity index (χ0n) is 22.7. The molecule has 0 saturated carbocycles. The molecule has 0 aliphatic rings. The number of fused-ring (bicyclic) bond motifs is 4. The molecule has 201 valence electrons. The van der Waals surface area contributed by atoms with Crippen molar-refractivity contribution in [1.82, 2.24) is 15.0 Å². The zero-order chi connectivity index (χ0) is 26.9. The van der Waals surface area contributed by atoms with E-state index < -0.39 is 0 Å². The Morgan fingerprint density at radius 1 is 0.850 bits per heavy atom. The standard InChI is InChI=1S/C23H19N2OS.C11H8N.Ir/c1-12(2)17-8-19(24-11-13(17)3)16-7-5-6-15-18-9-22-20(25-14(4)27-22)10-21(18)26-23(15)16;1-2-6-10(7-3-1)11-8-4-5-9-12-11;/h5-6,8-12H,1-4H3;1-6,8-9H;/q2*-1;. The number of benzene rings is 3. The van der Waals surface area contributed by atoms with Crippen LogP contribution in [0.4, 0.5) is 0 Å². The number of aromatic nitrogens is 3. The summed E-state index contributed by atoms with van der Waals surface area (Å²) in [7, 11) is 0. The molecule has 7 aromatic rings. The van der Waals surface area contributed by atoms with Crippen LogP contribution in [0.15, 0.2) is 89.6 Å². The topological polar surface area (TPSA) is 51.8 Å². The summed E-state index contributed by atoms with van der Waals surface area (Å²) >= 11 is 1.71. The quantitative estimate of drug-likeness (QED) is 0.171. The van der Waals surface area contributed by atoms with Crippen LogP contribution >= 0.6 is 11.3 Å². The summed E-state index contributed by atoms with van der Waals surface area (Å²) < 4.78 is 7.47. The third-order valence-electron chi connectivity index (χ3n) is 6.72. The number of furan rings is 1. The molecule has 7 rings (SSSR count). The summed E-state index contributed by atoms with van der Waals surface area (Å²) in [6, 6.07) is 30.6. The Hall–Kier alpha value is -3.70. The van der Waals surface area contributed by atoms with Crippen molar-refractivity contribution in [2.24, 2.45) is 0 Å². The average Bonchev–Trinajstić information content (AvgIpc) is 3.51. The molecular formula is C34H27IrN3OS-2. The molecule has 4 heterocycles. The summed E-state index contributed by atoms with van der Waals surface area (Å²) in [6.45, 7) is 8.56. The second-order valence-corrected chi connectivity index (χ2v) is 11.1. The Morgan fingerprint density at radius 2 is 1.70 bits per heavy atom. The monoisotopic (exact) mass is 718 g/mol. The zero-order valence-corrected chi connectivity index (χ0v) is 25.9. The Balaban J connectivity index is 0.000000209. The molecule has 0 bridgehead atoms. The molecule has 0 unspecified atom stereocenters. The second-order valence-electron chi connectivity index (χ2n) is 9.82. The van der Waals surface area contributed by atoms with Crippen LogP contribution < -0.4 is 0 Å². The summed E-state index contributed by atoms with van der Waals surface area (Å²) in [6.07, 6.45) is 3.73. The Kier molecular flexibility index (Phi) is 8.22. The molecule has 0 saturated heterocycles. The summed E-state index contributed by atoms with van der Waals surface area (Å²) in [5.41, 5.74) is 9.05. The Morgan fingerprint density at radius 3 is 2.45 bits per heavy atom. The van der Waals surface area contributed by atoms with Crippen LogP contribution in [0.2, 0.25) is 0 Å². The number of hydrogen-bond acceptors (Lipinski definition) is 5. The molecule has 0 amide bonds. The largest absolute Gasteiger partial charge is 0.501 e. The van der Waals surface area contributed by atoms with Crippen molar-refractivity contribution < 1.29 is 24.5 Å². The summed E-state index contributed by atoms with van der Waals surface area (Å²) in [4.78, 5) is 13.5. The van der Waals surface area contributed by atoms with Gasteiger partial charge in [0.25, 0.3) is 0 Å². The molecule has 0 spiro atoms. The average molecular weight is 718 g/mol. The molecule has 0 aliphatic heterocycles. The smallest absolute Gasteiger partial charge is 0.123 e. The molecule has 0 fully saturated rings. The third kappa shape index (κ3) is 5.48. The minimum absolute atomic E-state index is 0. The Labute approximate surface area is 251 Å². The van der Waals surface area contributed by atoms with E-state index in [0.29, 0.717) is 5.92 Å². The van der Waals surface area contributed by atoms with Crippen LogP contribution in [0.5, 0.6) is 0 Å². The first-order valence-corrected chi connectivity index (χ1v) is 13.8. The molecule has 1 radical (unpaired) electrons. The van der Waals surface area contributed by atoms with Crippen molar-refractivity contribution in [2.45, 2.75) is 33.6 Å². The maximum Gasteiger partial charge on any atom is 0.123 e. The third-order valence-corrected chi connectivity index (χ3v) is 7.65. The van der Waals surface area contributed by atoms with Gasteiger partial charge in [-0.3, -0.25) is 0 Å². The predicted molar refractivity (Wildman–Crippen MR) is 161 cm³/mol. The van der Waals surface area contributed by atoms with Gasteiger partial charge >= 0.3 is 0 Å².